The van der Waals surface area contributed by atoms with Gasteiger partial charge in [0.15, 0.2) is 0 Å². The molecule has 0 aromatic rings. The number of nitrogens with two attached hydrogens (primary N) is 1. The van der Waals surface area contributed by atoms with E-state index < -0.39 is 18.1 Å². The number of aliphatic hydroxyl groups is 2. The first-order chi connectivity index (χ1) is 12.0. The van der Waals surface area contributed by atoms with E-state index in [2.05, 4.69) is 19.1 Å². The van der Waals surface area contributed by atoms with E-state index in [0.29, 0.717) is 0 Å². The Balaban J connectivity index is 0. The predicted octanol–water partition coefficient (Wildman–Crippen LogP) is 5.05. The summed E-state index contributed by atoms with van der Waals surface area (Å²) in [5.41, 5.74) is 5.23. The van der Waals surface area contributed by atoms with Gasteiger partial charge in [0.1, 0.15) is 0 Å². The number of carbonyl (C=O) groups is 1. The number of halogens is 1. The third-order valence-electron chi connectivity index (χ3n) is 4.78. The second-order valence-electron chi connectivity index (χ2n) is 7.33. The Morgan fingerprint density at radius 2 is 1.42 bits per heavy atom. The average molecular weight is 436 g/mol. The summed E-state index contributed by atoms with van der Waals surface area (Å²) < 4.78 is 0. The minimum atomic E-state index is -0.871. The molecule has 0 aromatic carbocycles. The highest BCUT2D eigenvalue weighted by Crippen LogP contribution is 2.20. The zero-order valence-corrected chi connectivity index (χ0v) is 18.6. The Hall–Kier alpha value is -0.390. The largest absolute Gasteiger partial charge is 0.391 e. The normalized spacial score (nSPS) is 14.8. The van der Waals surface area contributed by atoms with E-state index in [4.69, 9.17) is 5.73 Å². The molecule has 5 heteroatoms. The monoisotopic (exact) mass is 435 g/mol. The van der Waals surface area contributed by atoms with Crippen molar-refractivity contribution in [1.82, 2.24) is 0 Å². The second-order valence-corrected chi connectivity index (χ2v) is 7.33. The number of amides is 1. The molecule has 0 aliphatic heterocycles. The fourth-order valence-electron chi connectivity index (χ4n) is 3.17. The molecule has 0 aliphatic carbocycles. The number of carbonyl (C=O) groups excluding carboxylic acids is 1. The average Bonchev–Trinajstić information content (AvgIpc) is 2.56. The molecule has 0 heterocycles. The van der Waals surface area contributed by atoms with E-state index in [-0.39, 0.29) is 29.3 Å². The first-order valence-electron chi connectivity index (χ1n) is 10.3. The van der Waals surface area contributed by atoms with Crippen LogP contribution in [-0.4, -0.2) is 28.3 Å². The van der Waals surface area contributed by atoms with Gasteiger partial charge in [-0.05, 0) is 44.9 Å². The number of aliphatic hydroxyl groups excluding tert-OH is 2. The third kappa shape index (κ3) is 17.0. The van der Waals surface area contributed by atoms with Crippen molar-refractivity contribution in [3.63, 3.8) is 0 Å². The lowest BCUT2D eigenvalue weighted by atomic mass is 9.89. The highest BCUT2D eigenvalue weighted by molar-refractivity contribution is 8.93. The molecule has 26 heavy (non-hydrogen) atoms. The molecule has 0 radical (unpaired) electrons. The van der Waals surface area contributed by atoms with Crippen molar-refractivity contribution in [2.75, 3.05) is 0 Å². The van der Waals surface area contributed by atoms with Crippen molar-refractivity contribution < 1.29 is 15.0 Å². The SMILES string of the molecule is Br.CCCCCCCCC=CCCCCCC(CC(N)=O)C(O)C(C)O. The van der Waals surface area contributed by atoms with Gasteiger partial charge in [-0.15, -0.1) is 17.0 Å². The molecule has 0 aliphatic rings. The van der Waals surface area contributed by atoms with Gasteiger partial charge in [0.2, 0.25) is 5.91 Å². The molecule has 3 atom stereocenters. The zero-order valence-electron chi connectivity index (χ0n) is 16.9. The molecule has 0 saturated heterocycles. The Labute approximate surface area is 171 Å². The summed E-state index contributed by atoms with van der Waals surface area (Å²) in [5.74, 6) is -0.650. The van der Waals surface area contributed by atoms with E-state index in [0.717, 1.165) is 32.1 Å². The van der Waals surface area contributed by atoms with Crippen LogP contribution in [0, 0.1) is 5.92 Å². The maximum absolute atomic E-state index is 11.1. The Bertz CT molecular complexity index is 348. The maximum Gasteiger partial charge on any atom is 0.217 e. The fourth-order valence-corrected chi connectivity index (χ4v) is 3.17. The first kappa shape index (κ1) is 27.8. The maximum atomic E-state index is 11.1. The van der Waals surface area contributed by atoms with Crippen LogP contribution >= 0.6 is 17.0 Å². The van der Waals surface area contributed by atoms with Crippen LogP contribution in [0.1, 0.15) is 97.3 Å². The quantitative estimate of drug-likeness (QED) is 0.220. The van der Waals surface area contributed by atoms with Gasteiger partial charge in [-0.3, -0.25) is 4.79 Å². The van der Waals surface area contributed by atoms with Crippen molar-refractivity contribution in [2.45, 2.75) is 110 Å². The topological polar surface area (TPSA) is 83.6 Å². The summed E-state index contributed by atoms with van der Waals surface area (Å²) in [4.78, 5) is 11.1. The Kier molecular flexibility index (Phi) is 20.7. The minimum absolute atomic E-state index is 0. The molecule has 0 spiro atoms. The summed E-state index contributed by atoms with van der Waals surface area (Å²) in [5, 5.41) is 19.5. The molecule has 4 N–H and O–H groups in total. The van der Waals surface area contributed by atoms with Gasteiger partial charge in [0.25, 0.3) is 0 Å². The molecular weight excluding hydrogens is 394 g/mol. The van der Waals surface area contributed by atoms with Gasteiger partial charge in [0, 0.05) is 6.42 Å². The van der Waals surface area contributed by atoms with Gasteiger partial charge in [-0.1, -0.05) is 64.0 Å². The van der Waals surface area contributed by atoms with Crippen LogP contribution in [0.15, 0.2) is 12.2 Å². The molecule has 0 rings (SSSR count). The van der Waals surface area contributed by atoms with Crippen LogP contribution in [0.4, 0.5) is 0 Å². The Morgan fingerprint density at radius 1 is 0.923 bits per heavy atom. The highest BCUT2D eigenvalue weighted by atomic mass is 79.9. The second kappa shape index (κ2) is 19.4. The lowest BCUT2D eigenvalue weighted by Crippen LogP contribution is -2.34. The van der Waals surface area contributed by atoms with E-state index in [1.807, 2.05) is 0 Å². The molecule has 3 unspecified atom stereocenters. The van der Waals surface area contributed by atoms with Crippen molar-refractivity contribution in [3.05, 3.63) is 12.2 Å². The molecule has 0 aromatic heterocycles. The highest BCUT2D eigenvalue weighted by Gasteiger charge is 2.24. The smallest absolute Gasteiger partial charge is 0.217 e. The number of allylic oxidation sites excluding steroid dienone is 2. The molecule has 4 nitrogen and oxygen atoms in total. The van der Waals surface area contributed by atoms with Crippen molar-refractivity contribution in [3.8, 4) is 0 Å². The standard InChI is InChI=1S/C21H41NO3.BrH/c1-3-4-5-6-7-8-9-10-11-12-13-14-15-16-19(17-20(22)24)21(25)18(2)23;/h10-11,18-19,21,23,25H,3-9,12-17H2,1-2H3,(H2,22,24);1H. The van der Waals surface area contributed by atoms with E-state index in [1.54, 1.807) is 6.92 Å². The van der Waals surface area contributed by atoms with Crippen LogP contribution in [0.3, 0.4) is 0 Å². The van der Waals surface area contributed by atoms with Gasteiger partial charge in [-0.2, -0.15) is 0 Å². The summed E-state index contributed by atoms with van der Waals surface area (Å²) in [7, 11) is 0. The molecule has 0 saturated carbocycles. The van der Waals surface area contributed by atoms with Crippen LogP contribution in [0.2, 0.25) is 0 Å². The molecule has 0 fully saturated rings. The zero-order chi connectivity index (χ0) is 18.9. The van der Waals surface area contributed by atoms with Crippen LogP contribution in [0.5, 0.6) is 0 Å². The van der Waals surface area contributed by atoms with Gasteiger partial charge in [-0.25, -0.2) is 0 Å². The lowest BCUT2D eigenvalue weighted by Gasteiger charge is -2.23. The predicted molar refractivity (Wildman–Crippen MR) is 116 cm³/mol. The molecular formula is C21H42BrNO3. The summed E-state index contributed by atoms with van der Waals surface area (Å²) in [6, 6.07) is 0. The van der Waals surface area contributed by atoms with Gasteiger partial charge >= 0.3 is 0 Å². The van der Waals surface area contributed by atoms with E-state index in [9.17, 15) is 15.0 Å². The first-order valence-corrected chi connectivity index (χ1v) is 10.3. The number of hydrogen-bond acceptors (Lipinski definition) is 3. The molecule has 156 valence electrons. The summed E-state index contributed by atoms with van der Waals surface area (Å²) in [6.45, 7) is 3.79. The fraction of sp³-hybridized carbons (Fsp3) is 0.857. The van der Waals surface area contributed by atoms with Gasteiger partial charge < -0.3 is 15.9 Å². The van der Waals surface area contributed by atoms with Crippen LogP contribution in [-0.2, 0) is 4.79 Å². The van der Waals surface area contributed by atoms with Crippen molar-refractivity contribution >= 4 is 22.9 Å². The lowest BCUT2D eigenvalue weighted by molar-refractivity contribution is -0.120. The van der Waals surface area contributed by atoms with Gasteiger partial charge in [0.05, 0.1) is 12.2 Å². The van der Waals surface area contributed by atoms with Crippen molar-refractivity contribution in [1.29, 1.82) is 0 Å². The molecule has 0 bridgehead atoms. The molecule has 1 amide bonds. The van der Waals surface area contributed by atoms with E-state index in [1.165, 1.54) is 44.9 Å². The number of rotatable bonds is 17. The Morgan fingerprint density at radius 3 is 1.92 bits per heavy atom. The van der Waals surface area contributed by atoms with Crippen molar-refractivity contribution in [2.24, 2.45) is 11.7 Å². The minimum Gasteiger partial charge on any atom is -0.391 e. The number of hydrogen-bond donors (Lipinski definition) is 3. The van der Waals surface area contributed by atoms with E-state index >= 15 is 0 Å². The number of unbranched alkanes of at least 4 members (excludes halogenated alkanes) is 9. The summed E-state index contributed by atoms with van der Waals surface area (Å²) >= 11 is 0. The third-order valence-corrected chi connectivity index (χ3v) is 4.78. The van der Waals surface area contributed by atoms with Crippen LogP contribution in [0.25, 0.3) is 0 Å². The van der Waals surface area contributed by atoms with Crippen LogP contribution < -0.4 is 5.73 Å². The summed E-state index contributed by atoms with van der Waals surface area (Å²) in [6.07, 6.45) is 17.2. The number of primary amides is 1.